The monoisotopic (exact) mass is 268 g/mol. The Labute approximate surface area is 116 Å². The lowest BCUT2D eigenvalue weighted by Crippen LogP contribution is -1.92. The summed E-state index contributed by atoms with van der Waals surface area (Å²) in [4.78, 5) is 10.2. The molecule has 0 saturated carbocycles. The molecule has 2 rings (SSSR count). The van der Waals surface area contributed by atoms with E-state index >= 15 is 0 Å². The van der Waals surface area contributed by atoms with E-state index in [2.05, 4.69) is 0 Å². The lowest BCUT2D eigenvalue weighted by molar-refractivity contribution is -0.384. The summed E-state index contributed by atoms with van der Waals surface area (Å²) in [5, 5.41) is 19.9. The van der Waals surface area contributed by atoms with Gasteiger partial charge in [0.25, 0.3) is 5.69 Å². The van der Waals surface area contributed by atoms with Crippen molar-refractivity contribution in [3.63, 3.8) is 0 Å². The Hall–Kier alpha value is -2.87. The number of nitriles is 1. The van der Waals surface area contributed by atoms with Crippen LogP contribution in [0.2, 0.25) is 0 Å². The van der Waals surface area contributed by atoms with Crippen molar-refractivity contribution < 1.29 is 9.66 Å². The Morgan fingerprint density at radius 3 is 2.55 bits per heavy atom. The first-order chi connectivity index (χ1) is 9.56. The molecule has 0 aliphatic rings. The summed E-state index contributed by atoms with van der Waals surface area (Å²) in [5.74, 6) is 0.758. The van der Waals surface area contributed by atoms with Crippen molar-refractivity contribution in [1.82, 2.24) is 0 Å². The van der Waals surface area contributed by atoms with Gasteiger partial charge in [-0.25, -0.2) is 0 Å². The van der Waals surface area contributed by atoms with Gasteiger partial charge in [-0.1, -0.05) is 6.07 Å². The number of nitro benzene ring substituents is 1. The van der Waals surface area contributed by atoms with Gasteiger partial charge in [0.05, 0.1) is 17.6 Å². The largest absolute Gasteiger partial charge is 0.496 e. The van der Waals surface area contributed by atoms with Crippen LogP contribution >= 0.6 is 0 Å². The molecule has 5 heteroatoms. The van der Waals surface area contributed by atoms with Gasteiger partial charge in [-0.05, 0) is 41.8 Å². The zero-order valence-corrected chi connectivity index (χ0v) is 11.1. The van der Waals surface area contributed by atoms with Crippen molar-refractivity contribution in [2.24, 2.45) is 0 Å². The molecular weight excluding hydrogens is 256 g/mol. The number of benzene rings is 2. The molecule has 0 spiro atoms. The third-order valence-corrected chi connectivity index (χ3v) is 3.04. The lowest BCUT2D eigenvalue weighted by Gasteiger charge is -2.08. The average Bonchev–Trinajstić information content (AvgIpc) is 2.46. The van der Waals surface area contributed by atoms with Gasteiger partial charge in [0.15, 0.2) is 0 Å². The van der Waals surface area contributed by atoms with Crippen molar-refractivity contribution in [1.29, 1.82) is 5.26 Å². The molecule has 0 fully saturated rings. The Balaban J connectivity index is 2.55. The molecule has 0 N–H and O–H groups in total. The lowest BCUT2D eigenvalue weighted by atomic mass is 9.98. The molecule has 2 aromatic carbocycles. The predicted molar refractivity (Wildman–Crippen MR) is 74.5 cm³/mol. The van der Waals surface area contributed by atoms with Crippen LogP contribution in [0.1, 0.15) is 11.1 Å². The third kappa shape index (κ3) is 2.45. The first-order valence-electron chi connectivity index (χ1n) is 5.90. The first kappa shape index (κ1) is 13.6. The number of hydrogen-bond donors (Lipinski definition) is 0. The van der Waals surface area contributed by atoms with E-state index in [1.807, 2.05) is 31.2 Å². The van der Waals surface area contributed by atoms with Crippen molar-refractivity contribution in [2.75, 3.05) is 7.11 Å². The molecule has 5 nitrogen and oxygen atoms in total. The van der Waals surface area contributed by atoms with Gasteiger partial charge in [-0.2, -0.15) is 5.26 Å². The fraction of sp³-hybridized carbons (Fsp3) is 0.133. The second kappa shape index (κ2) is 5.41. The van der Waals surface area contributed by atoms with Crippen LogP contribution < -0.4 is 4.74 Å². The van der Waals surface area contributed by atoms with E-state index in [0.717, 1.165) is 16.9 Å². The SMILES string of the molecule is COc1ccc(-c2ccc([N+](=O)[O-])cc2C#N)cc1C. The molecule has 2 aromatic rings. The molecule has 20 heavy (non-hydrogen) atoms. The van der Waals surface area contributed by atoms with E-state index in [4.69, 9.17) is 10.00 Å². The highest BCUT2D eigenvalue weighted by atomic mass is 16.6. The van der Waals surface area contributed by atoms with Crippen molar-refractivity contribution >= 4 is 5.69 Å². The van der Waals surface area contributed by atoms with Gasteiger partial charge in [0.1, 0.15) is 11.8 Å². The van der Waals surface area contributed by atoms with Gasteiger partial charge < -0.3 is 4.74 Å². The van der Waals surface area contributed by atoms with Crippen molar-refractivity contribution in [2.45, 2.75) is 6.92 Å². The maximum absolute atomic E-state index is 10.7. The first-order valence-corrected chi connectivity index (χ1v) is 5.90. The molecule has 0 aromatic heterocycles. The highest BCUT2D eigenvalue weighted by molar-refractivity contribution is 5.73. The van der Waals surface area contributed by atoms with Gasteiger partial charge in [-0.3, -0.25) is 10.1 Å². The van der Waals surface area contributed by atoms with Crippen LogP contribution in [0.4, 0.5) is 5.69 Å². The zero-order valence-electron chi connectivity index (χ0n) is 11.1. The molecule has 0 saturated heterocycles. The maximum Gasteiger partial charge on any atom is 0.270 e. The predicted octanol–water partition coefficient (Wildman–Crippen LogP) is 3.45. The summed E-state index contributed by atoms with van der Waals surface area (Å²) in [7, 11) is 1.59. The molecule has 0 bridgehead atoms. The highest BCUT2D eigenvalue weighted by Crippen LogP contribution is 2.30. The molecule has 0 radical (unpaired) electrons. The molecule has 0 aliphatic heterocycles. The number of nitrogens with zero attached hydrogens (tertiary/aromatic N) is 2. The minimum atomic E-state index is -0.510. The molecule has 0 aliphatic carbocycles. The Morgan fingerprint density at radius 1 is 1.25 bits per heavy atom. The van der Waals surface area contributed by atoms with Crippen molar-refractivity contribution in [3.05, 3.63) is 57.6 Å². The number of methoxy groups -OCH3 is 1. The molecule has 0 unspecified atom stereocenters. The Kier molecular flexibility index (Phi) is 3.67. The standard InChI is InChI=1S/C15H12N2O3/c1-10-7-11(3-6-15(10)20-2)14-5-4-13(17(18)19)8-12(14)9-16/h3-8H,1-2H3. The maximum atomic E-state index is 10.7. The number of ether oxygens (including phenoxy) is 1. The van der Waals surface area contributed by atoms with Crippen LogP contribution in [0.15, 0.2) is 36.4 Å². The van der Waals surface area contributed by atoms with Gasteiger partial charge >= 0.3 is 0 Å². The summed E-state index contributed by atoms with van der Waals surface area (Å²) in [6.45, 7) is 1.90. The third-order valence-electron chi connectivity index (χ3n) is 3.04. The zero-order chi connectivity index (χ0) is 14.7. The summed E-state index contributed by atoms with van der Waals surface area (Å²) in [5.41, 5.74) is 2.63. The highest BCUT2D eigenvalue weighted by Gasteiger charge is 2.12. The summed E-state index contributed by atoms with van der Waals surface area (Å²) in [6.07, 6.45) is 0. The Morgan fingerprint density at radius 2 is 2.00 bits per heavy atom. The van der Waals surface area contributed by atoms with E-state index in [1.165, 1.54) is 12.1 Å². The summed E-state index contributed by atoms with van der Waals surface area (Å²) >= 11 is 0. The minimum absolute atomic E-state index is 0.0875. The van der Waals surface area contributed by atoms with E-state index < -0.39 is 4.92 Å². The van der Waals surface area contributed by atoms with E-state index in [1.54, 1.807) is 13.2 Å². The van der Waals surface area contributed by atoms with Gasteiger partial charge in [-0.15, -0.1) is 0 Å². The van der Waals surface area contributed by atoms with Gasteiger partial charge in [0, 0.05) is 12.1 Å². The summed E-state index contributed by atoms with van der Waals surface area (Å²) < 4.78 is 5.19. The van der Waals surface area contributed by atoms with E-state index in [9.17, 15) is 10.1 Å². The molecule has 0 atom stereocenters. The fourth-order valence-corrected chi connectivity index (χ4v) is 2.04. The van der Waals surface area contributed by atoms with E-state index in [0.29, 0.717) is 5.56 Å². The molecular formula is C15H12N2O3. The molecule has 0 heterocycles. The quantitative estimate of drug-likeness (QED) is 0.631. The second-order valence-corrected chi connectivity index (χ2v) is 4.28. The second-order valence-electron chi connectivity index (χ2n) is 4.28. The van der Waals surface area contributed by atoms with Crippen LogP contribution in [-0.2, 0) is 0 Å². The van der Waals surface area contributed by atoms with Gasteiger partial charge in [0.2, 0.25) is 0 Å². The van der Waals surface area contributed by atoms with Crippen LogP contribution in [0.3, 0.4) is 0 Å². The minimum Gasteiger partial charge on any atom is -0.496 e. The van der Waals surface area contributed by atoms with E-state index in [-0.39, 0.29) is 11.3 Å². The average molecular weight is 268 g/mol. The topological polar surface area (TPSA) is 76.2 Å². The molecule has 0 amide bonds. The number of aryl methyl sites for hydroxylation is 1. The fourth-order valence-electron chi connectivity index (χ4n) is 2.04. The number of nitro groups is 1. The van der Waals surface area contributed by atoms with Crippen LogP contribution in [0, 0.1) is 28.4 Å². The number of hydrogen-bond acceptors (Lipinski definition) is 4. The number of rotatable bonds is 3. The normalized spacial score (nSPS) is 9.85. The van der Waals surface area contributed by atoms with Crippen LogP contribution in [0.5, 0.6) is 5.75 Å². The Bertz CT molecular complexity index is 718. The summed E-state index contributed by atoms with van der Waals surface area (Å²) in [6, 6.07) is 11.8. The molecule has 100 valence electrons. The van der Waals surface area contributed by atoms with Crippen LogP contribution in [-0.4, -0.2) is 12.0 Å². The smallest absolute Gasteiger partial charge is 0.270 e. The van der Waals surface area contributed by atoms with Crippen LogP contribution in [0.25, 0.3) is 11.1 Å². The van der Waals surface area contributed by atoms with Crippen molar-refractivity contribution in [3.8, 4) is 22.9 Å². The number of non-ortho nitro benzene ring substituents is 1.